The summed E-state index contributed by atoms with van der Waals surface area (Å²) >= 11 is 9.38. The lowest BCUT2D eigenvalue weighted by atomic mass is 9.95. The molecule has 2 atom stereocenters. The highest BCUT2D eigenvalue weighted by atomic mass is 79.9. The van der Waals surface area contributed by atoms with Crippen molar-refractivity contribution < 1.29 is 14.4 Å². The normalized spacial score (nSPS) is 21.5. The quantitative estimate of drug-likeness (QED) is 0.678. The number of carbonyl (C=O) groups is 3. The van der Waals surface area contributed by atoms with E-state index in [0.29, 0.717) is 16.4 Å². The van der Waals surface area contributed by atoms with E-state index in [1.54, 1.807) is 36.4 Å². The van der Waals surface area contributed by atoms with E-state index < -0.39 is 23.8 Å². The number of fused-ring (bicyclic) bond motifs is 1. The number of rotatable bonds is 3. The Morgan fingerprint density at radius 2 is 1.78 bits per heavy atom. The summed E-state index contributed by atoms with van der Waals surface area (Å²) in [6.45, 7) is 1.35. The minimum absolute atomic E-state index is 0.0887. The molecule has 2 aromatic rings. The molecule has 8 heteroatoms. The van der Waals surface area contributed by atoms with Gasteiger partial charge in [0.15, 0.2) is 5.78 Å². The molecule has 6 nitrogen and oxygen atoms in total. The first-order valence-electron chi connectivity index (χ1n) is 8.16. The number of imide groups is 1. The van der Waals surface area contributed by atoms with Crippen LogP contribution in [0.4, 0.5) is 11.4 Å². The van der Waals surface area contributed by atoms with Gasteiger partial charge in [0.25, 0.3) is 5.91 Å². The standard InChI is InChI=1S/C19H13BrClN3O3/c1-10(25)16-15-17(24(22-16)13-7-5-11(20)6-8-13)19(27)23(18(15)26)14-4-2-3-12(21)9-14/h2-9,15,17H,1H3/t15-,17+/m0/s1. The Bertz CT molecular complexity index is 1010. The summed E-state index contributed by atoms with van der Waals surface area (Å²) in [6, 6.07) is 12.8. The molecule has 2 amide bonds. The van der Waals surface area contributed by atoms with Crippen molar-refractivity contribution in [1.29, 1.82) is 0 Å². The number of ketones is 1. The van der Waals surface area contributed by atoms with E-state index in [9.17, 15) is 14.4 Å². The zero-order valence-electron chi connectivity index (χ0n) is 14.1. The van der Waals surface area contributed by atoms with E-state index in [-0.39, 0.29) is 11.5 Å². The summed E-state index contributed by atoms with van der Waals surface area (Å²) in [5.41, 5.74) is 1.09. The van der Waals surface area contributed by atoms with Crippen LogP contribution in [0.2, 0.25) is 5.02 Å². The van der Waals surface area contributed by atoms with Gasteiger partial charge in [-0.05, 0) is 42.5 Å². The number of hydrogen-bond donors (Lipinski definition) is 0. The predicted octanol–water partition coefficient (Wildman–Crippen LogP) is 3.43. The third-order valence-corrected chi connectivity index (χ3v) is 5.33. The largest absolute Gasteiger partial charge is 0.293 e. The number of anilines is 2. The van der Waals surface area contributed by atoms with Crippen LogP contribution in [0.25, 0.3) is 0 Å². The second kappa shape index (κ2) is 6.58. The molecule has 136 valence electrons. The summed E-state index contributed by atoms with van der Waals surface area (Å²) in [5.74, 6) is -2.17. The molecule has 2 aliphatic rings. The van der Waals surface area contributed by atoms with E-state index in [1.807, 2.05) is 12.1 Å². The number of amides is 2. The highest BCUT2D eigenvalue weighted by molar-refractivity contribution is 9.10. The first-order valence-corrected chi connectivity index (χ1v) is 9.33. The molecule has 27 heavy (non-hydrogen) atoms. The Labute approximate surface area is 168 Å². The third-order valence-electron chi connectivity index (χ3n) is 4.57. The number of carbonyl (C=O) groups excluding carboxylic acids is 3. The van der Waals surface area contributed by atoms with Crippen molar-refractivity contribution in [2.24, 2.45) is 11.0 Å². The fourth-order valence-corrected chi connectivity index (χ4v) is 3.83. The van der Waals surface area contributed by atoms with Crippen molar-refractivity contribution in [2.45, 2.75) is 13.0 Å². The van der Waals surface area contributed by atoms with Gasteiger partial charge in [0, 0.05) is 16.4 Å². The van der Waals surface area contributed by atoms with Crippen LogP contribution in [-0.4, -0.2) is 29.4 Å². The predicted molar refractivity (Wildman–Crippen MR) is 106 cm³/mol. The third kappa shape index (κ3) is 2.87. The Morgan fingerprint density at radius 1 is 1.07 bits per heavy atom. The van der Waals surface area contributed by atoms with Gasteiger partial charge >= 0.3 is 0 Å². The molecule has 0 aliphatic carbocycles. The van der Waals surface area contributed by atoms with Crippen molar-refractivity contribution in [3.8, 4) is 0 Å². The SMILES string of the molecule is CC(=O)C1=NN(c2ccc(Br)cc2)[C@H]2C(=O)N(c3cccc(Cl)c3)C(=O)[C@@H]12. The molecule has 0 spiro atoms. The van der Waals surface area contributed by atoms with Crippen LogP contribution < -0.4 is 9.91 Å². The summed E-state index contributed by atoms with van der Waals surface area (Å²) in [6.07, 6.45) is 0. The first kappa shape index (κ1) is 17.9. The second-order valence-electron chi connectivity index (χ2n) is 6.28. The van der Waals surface area contributed by atoms with Crippen LogP contribution in [0.5, 0.6) is 0 Å². The Morgan fingerprint density at radius 3 is 2.41 bits per heavy atom. The van der Waals surface area contributed by atoms with Gasteiger partial charge in [-0.1, -0.05) is 33.6 Å². The Kier molecular flexibility index (Phi) is 4.36. The average Bonchev–Trinajstić information content (AvgIpc) is 3.13. The summed E-state index contributed by atoms with van der Waals surface area (Å²) in [7, 11) is 0. The lowest BCUT2D eigenvalue weighted by molar-refractivity contribution is -0.122. The molecule has 0 aromatic heterocycles. The fraction of sp³-hybridized carbons (Fsp3) is 0.158. The molecule has 0 unspecified atom stereocenters. The lowest BCUT2D eigenvalue weighted by Crippen LogP contribution is -2.39. The molecule has 1 saturated heterocycles. The number of Topliss-reactive ketones (excluding diaryl/α,β-unsaturated/α-hetero) is 1. The van der Waals surface area contributed by atoms with Crippen molar-refractivity contribution in [3.05, 3.63) is 58.0 Å². The average molecular weight is 447 g/mol. The van der Waals surface area contributed by atoms with Gasteiger partial charge in [-0.15, -0.1) is 0 Å². The molecule has 2 heterocycles. The first-order chi connectivity index (χ1) is 12.9. The molecular weight excluding hydrogens is 434 g/mol. The van der Waals surface area contributed by atoms with Gasteiger partial charge in [-0.3, -0.25) is 19.4 Å². The van der Waals surface area contributed by atoms with Crippen molar-refractivity contribution in [1.82, 2.24) is 0 Å². The minimum atomic E-state index is -0.933. The highest BCUT2D eigenvalue weighted by Gasteiger charge is 2.58. The fourth-order valence-electron chi connectivity index (χ4n) is 3.38. The van der Waals surface area contributed by atoms with Gasteiger partial charge in [-0.25, -0.2) is 4.90 Å². The van der Waals surface area contributed by atoms with E-state index in [1.165, 1.54) is 11.9 Å². The van der Waals surface area contributed by atoms with Gasteiger partial charge in [-0.2, -0.15) is 5.10 Å². The Balaban J connectivity index is 1.80. The van der Waals surface area contributed by atoms with E-state index in [0.717, 1.165) is 9.37 Å². The van der Waals surface area contributed by atoms with Crippen molar-refractivity contribution >= 4 is 62.2 Å². The molecule has 0 radical (unpaired) electrons. The topological polar surface area (TPSA) is 70.1 Å². The number of halogens is 2. The van der Waals surface area contributed by atoms with Crippen molar-refractivity contribution in [3.63, 3.8) is 0 Å². The Hall–Kier alpha value is -2.51. The molecule has 0 bridgehead atoms. The summed E-state index contributed by atoms with van der Waals surface area (Å²) < 4.78 is 0.868. The lowest BCUT2D eigenvalue weighted by Gasteiger charge is -2.22. The molecule has 0 saturated carbocycles. The van der Waals surface area contributed by atoms with Gasteiger partial charge < -0.3 is 0 Å². The van der Waals surface area contributed by atoms with Crippen LogP contribution in [0.3, 0.4) is 0 Å². The van der Waals surface area contributed by atoms with E-state index in [4.69, 9.17) is 11.6 Å². The number of hydrogen-bond acceptors (Lipinski definition) is 5. The molecule has 2 aromatic carbocycles. The number of hydrazone groups is 1. The molecule has 4 rings (SSSR count). The van der Waals surface area contributed by atoms with Gasteiger partial charge in [0.1, 0.15) is 17.7 Å². The van der Waals surface area contributed by atoms with E-state index in [2.05, 4.69) is 21.0 Å². The maximum absolute atomic E-state index is 13.2. The number of nitrogens with zero attached hydrogens (tertiary/aromatic N) is 3. The monoisotopic (exact) mass is 445 g/mol. The summed E-state index contributed by atoms with van der Waals surface area (Å²) in [4.78, 5) is 39.4. The van der Waals surface area contributed by atoms with Crippen molar-refractivity contribution in [2.75, 3.05) is 9.91 Å². The maximum Gasteiger partial charge on any atom is 0.259 e. The molecule has 0 N–H and O–H groups in total. The molecule has 1 fully saturated rings. The zero-order valence-corrected chi connectivity index (χ0v) is 16.4. The van der Waals surface area contributed by atoms with Crippen LogP contribution >= 0.6 is 27.5 Å². The number of benzene rings is 2. The van der Waals surface area contributed by atoms with Crippen LogP contribution in [0, 0.1) is 5.92 Å². The minimum Gasteiger partial charge on any atom is -0.293 e. The highest BCUT2D eigenvalue weighted by Crippen LogP contribution is 2.38. The van der Waals surface area contributed by atoms with Crippen LogP contribution in [0.15, 0.2) is 58.1 Å². The molecular formula is C19H13BrClN3O3. The van der Waals surface area contributed by atoms with Crippen LogP contribution in [0.1, 0.15) is 6.92 Å². The van der Waals surface area contributed by atoms with Gasteiger partial charge in [0.05, 0.1) is 11.4 Å². The zero-order chi connectivity index (χ0) is 19.3. The van der Waals surface area contributed by atoms with Crippen LogP contribution in [-0.2, 0) is 14.4 Å². The maximum atomic E-state index is 13.2. The van der Waals surface area contributed by atoms with Gasteiger partial charge in [0.2, 0.25) is 5.91 Å². The smallest absolute Gasteiger partial charge is 0.259 e. The summed E-state index contributed by atoms with van der Waals surface area (Å²) in [5, 5.41) is 6.18. The van der Waals surface area contributed by atoms with E-state index >= 15 is 0 Å². The molecule has 2 aliphatic heterocycles. The second-order valence-corrected chi connectivity index (χ2v) is 7.63.